The Morgan fingerprint density at radius 2 is 2.00 bits per heavy atom. The zero-order valence-electron chi connectivity index (χ0n) is 13.7. The predicted molar refractivity (Wildman–Crippen MR) is 88.7 cm³/mol. The van der Waals surface area contributed by atoms with Crippen LogP contribution in [0.1, 0.15) is 27.7 Å². The number of amides is 1. The van der Waals surface area contributed by atoms with Gasteiger partial charge in [0.2, 0.25) is 5.91 Å². The molecule has 1 heterocycles. The third-order valence-corrected chi connectivity index (χ3v) is 4.42. The van der Waals surface area contributed by atoms with Crippen LogP contribution in [-0.4, -0.2) is 46.4 Å². The smallest absolute Gasteiger partial charge is 0.244 e. The van der Waals surface area contributed by atoms with Crippen LogP contribution in [0.15, 0.2) is 24.3 Å². The summed E-state index contributed by atoms with van der Waals surface area (Å²) in [6.07, 6.45) is 0. The van der Waals surface area contributed by atoms with Crippen LogP contribution in [0.4, 0.5) is 0 Å². The molecule has 118 valence electrons. The Morgan fingerprint density at radius 1 is 1.27 bits per heavy atom. The molecular weight excluding hydrogens is 296 g/mol. The Balaban J connectivity index is 2.21. The molecule has 0 aliphatic carbocycles. The fourth-order valence-corrected chi connectivity index (χ4v) is 3.09. The average Bonchev–Trinajstić information content (AvgIpc) is 2.84. The van der Waals surface area contributed by atoms with Crippen LogP contribution in [0.2, 0.25) is 0 Å². The van der Waals surface area contributed by atoms with Crippen LogP contribution >= 0.6 is 11.5 Å². The molecule has 1 unspecified atom stereocenters. The number of nitrogens with zero attached hydrogens (tertiary/aromatic N) is 4. The van der Waals surface area contributed by atoms with E-state index in [0.29, 0.717) is 6.54 Å². The molecule has 0 aliphatic heterocycles. The third kappa shape index (κ3) is 3.69. The molecule has 0 spiro atoms. The molecule has 0 saturated heterocycles. The highest BCUT2D eigenvalue weighted by molar-refractivity contribution is 7.05. The van der Waals surface area contributed by atoms with E-state index < -0.39 is 0 Å². The van der Waals surface area contributed by atoms with Crippen LogP contribution < -0.4 is 0 Å². The van der Waals surface area contributed by atoms with E-state index in [1.54, 1.807) is 4.90 Å². The largest absolute Gasteiger partial charge is 0.339 e. The van der Waals surface area contributed by atoms with Gasteiger partial charge in [0.1, 0.15) is 6.04 Å². The van der Waals surface area contributed by atoms with E-state index >= 15 is 0 Å². The highest BCUT2D eigenvalue weighted by atomic mass is 32.1. The number of hydrogen-bond donors (Lipinski definition) is 0. The van der Waals surface area contributed by atoms with Gasteiger partial charge in [-0.3, -0.25) is 9.69 Å². The lowest BCUT2D eigenvalue weighted by atomic mass is 10.0. The molecule has 0 radical (unpaired) electrons. The fourth-order valence-electron chi connectivity index (χ4n) is 2.40. The van der Waals surface area contributed by atoms with Crippen molar-refractivity contribution < 1.29 is 4.79 Å². The molecule has 1 aromatic heterocycles. The van der Waals surface area contributed by atoms with Crippen molar-refractivity contribution in [3.63, 3.8) is 0 Å². The van der Waals surface area contributed by atoms with Gasteiger partial charge < -0.3 is 4.90 Å². The summed E-state index contributed by atoms with van der Waals surface area (Å²) in [6.45, 7) is 4.50. The van der Waals surface area contributed by atoms with E-state index in [9.17, 15) is 4.79 Å². The predicted octanol–water partition coefficient (Wildman–Crippen LogP) is 2.42. The fraction of sp³-hybridized carbons (Fsp3) is 0.438. The summed E-state index contributed by atoms with van der Waals surface area (Å²) in [6, 6.07) is 7.81. The third-order valence-electron chi connectivity index (χ3n) is 3.61. The Hall–Kier alpha value is -1.79. The Morgan fingerprint density at radius 3 is 2.55 bits per heavy atom. The summed E-state index contributed by atoms with van der Waals surface area (Å²) in [5, 5.41) is 4.00. The Labute approximate surface area is 135 Å². The highest BCUT2D eigenvalue weighted by Gasteiger charge is 2.26. The number of rotatable bonds is 5. The molecular formula is C16H22N4OS. The Kier molecular flexibility index (Phi) is 5.26. The number of aromatic nitrogens is 2. The number of carbonyl (C=O) groups is 1. The molecule has 0 fully saturated rings. The maximum absolute atomic E-state index is 12.9. The van der Waals surface area contributed by atoms with Crippen molar-refractivity contribution >= 4 is 17.4 Å². The lowest BCUT2D eigenvalue weighted by molar-refractivity contribution is -0.135. The molecule has 1 atom stereocenters. The summed E-state index contributed by atoms with van der Waals surface area (Å²) >= 11 is 1.35. The van der Waals surface area contributed by atoms with Crippen molar-refractivity contribution in [2.24, 2.45) is 0 Å². The second-order valence-electron chi connectivity index (χ2n) is 5.76. The van der Waals surface area contributed by atoms with Crippen LogP contribution in [0, 0.1) is 13.8 Å². The average molecular weight is 318 g/mol. The number of likely N-dealkylation sites (N-methyl/N-ethyl adjacent to an activating group) is 2. The maximum atomic E-state index is 12.9. The van der Waals surface area contributed by atoms with Crippen molar-refractivity contribution in [3.05, 3.63) is 46.0 Å². The standard InChI is InChI=1S/C16H22N4OS/c1-11-7-6-8-13(9-11)15(19(3)4)16(21)20(5)10-14-12(2)17-18-22-14/h6-9,15H,10H2,1-5H3. The minimum atomic E-state index is -0.286. The monoisotopic (exact) mass is 318 g/mol. The molecule has 5 nitrogen and oxygen atoms in total. The molecule has 6 heteroatoms. The molecule has 2 aromatic rings. The minimum absolute atomic E-state index is 0.0726. The maximum Gasteiger partial charge on any atom is 0.244 e. The second kappa shape index (κ2) is 6.98. The first kappa shape index (κ1) is 16.6. The lowest BCUT2D eigenvalue weighted by Crippen LogP contribution is -2.38. The van der Waals surface area contributed by atoms with Gasteiger partial charge in [0, 0.05) is 7.05 Å². The number of aryl methyl sites for hydroxylation is 2. The summed E-state index contributed by atoms with van der Waals surface area (Å²) in [7, 11) is 5.68. The van der Waals surface area contributed by atoms with Gasteiger partial charge in [-0.15, -0.1) is 5.10 Å². The van der Waals surface area contributed by atoms with E-state index in [1.165, 1.54) is 11.5 Å². The first-order chi connectivity index (χ1) is 10.4. The van der Waals surface area contributed by atoms with Crippen molar-refractivity contribution in [1.82, 2.24) is 19.4 Å². The lowest BCUT2D eigenvalue weighted by Gasteiger charge is -2.28. The number of carbonyl (C=O) groups excluding carboxylic acids is 1. The van der Waals surface area contributed by atoms with Gasteiger partial charge in [-0.2, -0.15) is 0 Å². The van der Waals surface area contributed by atoms with E-state index in [-0.39, 0.29) is 11.9 Å². The number of benzene rings is 1. The van der Waals surface area contributed by atoms with Gasteiger partial charge in [0.25, 0.3) is 0 Å². The van der Waals surface area contributed by atoms with Crippen LogP contribution in [0.3, 0.4) is 0 Å². The van der Waals surface area contributed by atoms with Gasteiger partial charge in [-0.25, -0.2) is 0 Å². The molecule has 0 saturated carbocycles. The second-order valence-corrected chi connectivity index (χ2v) is 6.59. The normalized spacial score (nSPS) is 12.5. The topological polar surface area (TPSA) is 49.3 Å². The van der Waals surface area contributed by atoms with Crippen LogP contribution in [0.5, 0.6) is 0 Å². The van der Waals surface area contributed by atoms with Gasteiger partial charge in [-0.05, 0) is 45.0 Å². The molecule has 2 rings (SSSR count). The van der Waals surface area contributed by atoms with E-state index in [2.05, 4.69) is 15.7 Å². The number of hydrogen-bond acceptors (Lipinski definition) is 5. The van der Waals surface area contributed by atoms with Gasteiger partial charge in [0.15, 0.2) is 0 Å². The zero-order chi connectivity index (χ0) is 16.3. The van der Waals surface area contributed by atoms with Gasteiger partial charge in [0.05, 0.1) is 17.1 Å². The Bertz CT molecular complexity index is 653. The van der Waals surface area contributed by atoms with E-state index in [4.69, 9.17) is 0 Å². The van der Waals surface area contributed by atoms with Crippen LogP contribution in [-0.2, 0) is 11.3 Å². The van der Waals surface area contributed by atoms with Crippen molar-refractivity contribution in [2.75, 3.05) is 21.1 Å². The van der Waals surface area contributed by atoms with Crippen molar-refractivity contribution in [2.45, 2.75) is 26.4 Å². The summed E-state index contributed by atoms with van der Waals surface area (Å²) in [5.74, 6) is 0.0726. The van der Waals surface area contributed by atoms with Crippen molar-refractivity contribution in [1.29, 1.82) is 0 Å². The van der Waals surface area contributed by atoms with Crippen molar-refractivity contribution in [3.8, 4) is 0 Å². The summed E-state index contributed by atoms with van der Waals surface area (Å²) < 4.78 is 3.93. The molecule has 0 bridgehead atoms. The quantitative estimate of drug-likeness (QED) is 0.849. The van der Waals surface area contributed by atoms with Gasteiger partial charge >= 0.3 is 0 Å². The first-order valence-electron chi connectivity index (χ1n) is 7.16. The molecule has 0 N–H and O–H groups in total. The molecule has 1 aromatic carbocycles. The highest BCUT2D eigenvalue weighted by Crippen LogP contribution is 2.23. The summed E-state index contributed by atoms with van der Waals surface area (Å²) in [4.78, 5) is 17.6. The zero-order valence-corrected chi connectivity index (χ0v) is 14.5. The summed E-state index contributed by atoms with van der Waals surface area (Å²) in [5.41, 5.74) is 3.06. The molecule has 1 amide bonds. The van der Waals surface area contributed by atoms with Crippen LogP contribution in [0.25, 0.3) is 0 Å². The van der Waals surface area contributed by atoms with Gasteiger partial charge in [-0.1, -0.05) is 34.3 Å². The molecule has 22 heavy (non-hydrogen) atoms. The first-order valence-corrected chi connectivity index (χ1v) is 7.93. The van der Waals surface area contributed by atoms with E-state index in [1.807, 2.05) is 58.1 Å². The van der Waals surface area contributed by atoms with E-state index in [0.717, 1.165) is 21.7 Å². The SMILES string of the molecule is Cc1cccc(C(C(=O)N(C)Cc2snnc2C)N(C)C)c1. The minimum Gasteiger partial charge on any atom is -0.339 e. The molecule has 0 aliphatic rings.